The first-order valence-electron chi connectivity index (χ1n) is 6.96. The summed E-state index contributed by atoms with van der Waals surface area (Å²) in [7, 11) is 0. The van der Waals surface area contributed by atoms with Crippen molar-refractivity contribution in [3.8, 4) is 17.2 Å². The van der Waals surface area contributed by atoms with E-state index in [0.29, 0.717) is 21.9 Å². The summed E-state index contributed by atoms with van der Waals surface area (Å²) in [6, 6.07) is 12.6. The Balaban J connectivity index is 1.59. The lowest BCUT2D eigenvalue weighted by atomic mass is 10.2. The molecule has 9 heteroatoms. The van der Waals surface area contributed by atoms with Gasteiger partial charge < -0.3 is 9.15 Å². The summed E-state index contributed by atoms with van der Waals surface area (Å²) in [5.41, 5.74) is 1.54. The molecule has 0 aliphatic heterocycles. The minimum Gasteiger partial charge on any atom is -0.411 e. The third-order valence-corrected chi connectivity index (χ3v) is 4.16. The first kappa shape index (κ1) is 17.6. The summed E-state index contributed by atoms with van der Waals surface area (Å²) >= 11 is 7.11. The van der Waals surface area contributed by atoms with Gasteiger partial charge in [0.05, 0.1) is 0 Å². The predicted molar refractivity (Wildman–Crippen MR) is 87.4 cm³/mol. The molecular weight excluding hydrogens is 377 g/mol. The monoisotopic (exact) mass is 386 g/mol. The van der Waals surface area contributed by atoms with Crippen LogP contribution in [0.25, 0.3) is 11.5 Å². The fourth-order valence-corrected chi connectivity index (χ4v) is 2.75. The number of nitrogens with zero attached hydrogens (tertiary/aromatic N) is 2. The second-order valence-electron chi connectivity index (χ2n) is 4.86. The van der Waals surface area contributed by atoms with Gasteiger partial charge in [-0.1, -0.05) is 35.5 Å². The average molecular weight is 387 g/mol. The Hall–Kier alpha value is -2.19. The molecule has 25 heavy (non-hydrogen) atoms. The fraction of sp³-hybridized carbons (Fsp3) is 0.125. The van der Waals surface area contributed by atoms with Crippen LogP contribution < -0.4 is 4.74 Å². The van der Waals surface area contributed by atoms with Crippen LogP contribution in [0.4, 0.5) is 13.2 Å². The molecule has 3 rings (SSSR count). The molecule has 1 aromatic heterocycles. The summed E-state index contributed by atoms with van der Waals surface area (Å²) in [5.74, 6) is 0.575. The second kappa shape index (κ2) is 7.37. The molecule has 4 nitrogen and oxygen atoms in total. The fourth-order valence-electron chi connectivity index (χ4n) is 1.91. The molecule has 0 fully saturated rings. The second-order valence-corrected chi connectivity index (χ2v) is 6.22. The van der Waals surface area contributed by atoms with E-state index in [-0.39, 0.29) is 5.75 Å². The maximum Gasteiger partial charge on any atom is 0.573 e. The van der Waals surface area contributed by atoms with Crippen molar-refractivity contribution >= 4 is 23.4 Å². The van der Waals surface area contributed by atoms with E-state index in [1.807, 2.05) is 0 Å². The number of rotatable bonds is 5. The molecule has 0 bridgehead atoms. The van der Waals surface area contributed by atoms with Crippen molar-refractivity contribution in [3.63, 3.8) is 0 Å². The lowest BCUT2D eigenvalue weighted by Crippen LogP contribution is -2.16. The zero-order valence-corrected chi connectivity index (χ0v) is 14.0. The van der Waals surface area contributed by atoms with Crippen LogP contribution in [0, 0.1) is 0 Å². The van der Waals surface area contributed by atoms with Crippen LogP contribution in [0.3, 0.4) is 0 Å². The largest absolute Gasteiger partial charge is 0.573 e. The Morgan fingerprint density at radius 1 is 1.00 bits per heavy atom. The summed E-state index contributed by atoms with van der Waals surface area (Å²) in [4.78, 5) is 0. The van der Waals surface area contributed by atoms with Gasteiger partial charge in [-0.05, 0) is 42.0 Å². The highest BCUT2D eigenvalue weighted by Crippen LogP contribution is 2.28. The summed E-state index contributed by atoms with van der Waals surface area (Å²) in [6.45, 7) is 0. The number of thioether (sulfide) groups is 1. The number of hydrogen-bond acceptors (Lipinski definition) is 5. The number of aromatic nitrogens is 2. The molecule has 2 aromatic carbocycles. The van der Waals surface area contributed by atoms with Gasteiger partial charge in [0.25, 0.3) is 5.22 Å². The Morgan fingerprint density at radius 3 is 2.32 bits per heavy atom. The van der Waals surface area contributed by atoms with Crippen LogP contribution in [0.1, 0.15) is 5.56 Å². The van der Waals surface area contributed by atoms with Crippen molar-refractivity contribution in [1.82, 2.24) is 10.2 Å². The first-order valence-corrected chi connectivity index (χ1v) is 8.32. The molecule has 0 N–H and O–H groups in total. The first-order chi connectivity index (χ1) is 11.9. The van der Waals surface area contributed by atoms with Crippen LogP contribution in [-0.2, 0) is 5.75 Å². The highest BCUT2D eigenvalue weighted by molar-refractivity contribution is 7.98. The molecule has 0 aliphatic rings. The van der Waals surface area contributed by atoms with Gasteiger partial charge in [0.1, 0.15) is 5.75 Å². The van der Waals surface area contributed by atoms with Crippen LogP contribution in [0.2, 0.25) is 5.02 Å². The smallest absolute Gasteiger partial charge is 0.411 e. The number of benzene rings is 2. The zero-order valence-electron chi connectivity index (χ0n) is 12.5. The van der Waals surface area contributed by atoms with Gasteiger partial charge in [-0.3, -0.25) is 0 Å². The van der Waals surface area contributed by atoms with E-state index in [0.717, 1.165) is 11.1 Å². The van der Waals surface area contributed by atoms with Crippen LogP contribution in [0.5, 0.6) is 5.75 Å². The van der Waals surface area contributed by atoms with Crippen molar-refractivity contribution in [2.45, 2.75) is 17.3 Å². The van der Waals surface area contributed by atoms with Crippen molar-refractivity contribution in [3.05, 3.63) is 59.1 Å². The van der Waals surface area contributed by atoms with Crippen molar-refractivity contribution in [2.75, 3.05) is 0 Å². The van der Waals surface area contributed by atoms with E-state index in [2.05, 4.69) is 14.9 Å². The summed E-state index contributed by atoms with van der Waals surface area (Å²) in [6.07, 6.45) is -4.70. The van der Waals surface area contributed by atoms with Crippen molar-refractivity contribution in [2.24, 2.45) is 0 Å². The standard InChI is InChI=1S/C16H10ClF3N2O2S/c17-12-5-3-11(4-6-12)14-21-22-15(23-14)25-9-10-1-7-13(8-2-10)24-16(18,19)20/h1-8H,9H2. The van der Waals surface area contributed by atoms with Gasteiger partial charge in [-0.2, -0.15) is 0 Å². The summed E-state index contributed by atoms with van der Waals surface area (Å²) < 4.78 is 45.7. The Morgan fingerprint density at radius 2 is 1.68 bits per heavy atom. The Bertz CT molecular complexity index is 836. The van der Waals surface area contributed by atoms with E-state index in [4.69, 9.17) is 16.0 Å². The summed E-state index contributed by atoms with van der Waals surface area (Å²) in [5, 5.41) is 8.86. The van der Waals surface area contributed by atoms with Gasteiger partial charge in [-0.15, -0.1) is 23.4 Å². The van der Waals surface area contributed by atoms with Crippen LogP contribution in [-0.4, -0.2) is 16.6 Å². The number of halogens is 4. The van der Waals surface area contributed by atoms with Gasteiger partial charge in [-0.25, -0.2) is 0 Å². The molecule has 3 aromatic rings. The molecule has 0 atom stereocenters. The normalized spacial score (nSPS) is 11.5. The number of ether oxygens (including phenoxy) is 1. The van der Waals surface area contributed by atoms with Gasteiger partial charge in [0, 0.05) is 16.3 Å². The lowest BCUT2D eigenvalue weighted by molar-refractivity contribution is -0.274. The Labute approximate surface area is 150 Å². The molecule has 0 saturated carbocycles. The third-order valence-electron chi connectivity index (χ3n) is 3.02. The number of alkyl halides is 3. The van der Waals surface area contributed by atoms with Crippen molar-refractivity contribution < 1.29 is 22.3 Å². The van der Waals surface area contributed by atoms with Gasteiger partial charge in [0.15, 0.2) is 0 Å². The SMILES string of the molecule is FC(F)(F)Oc1ccc(CSc2nnc(-c3ccc(Cl)cc3)o2)cc1. The molecule has 0 aliphatic carbocycles. The predicted octanol–water partition coefficient (Wildman–Crippen LogP) is 5.58. The van der Waals surface area contributed by atoms with E-state index in [1.165, 1.54) is 23.9 Å². The average Bonchev–Trinajstić information content (AvgIpc) is 3.02. The Kier molecular flexibility index (Phi) is 5.19. The third kappa shape index (κ3) is 5.14. The van der Waals surface area contributed by atoms with Gasteiger partial charge in [0.2, 0.25) is 5.89 Å². The molecule has 0 saturated heterocycles. The van der Waals surface area contributed by atoms with Crippen molar-refractivity contribution in [1.29, 1.82) is 0 Å². The van der Waals surface area contributed by atoms with Crippen LogP contribution in [0.15, 0.2) is 58.2 Å². The highest BCUT2D eigenvalue weighted by Gasteiger charge is 2.30. The quantitative estimate of drug-likeness (QED) is 0.535. The van der Waals surface area contributed by atoms with E-state index in [1.54, 1.807) is 36.4 Å². The molecular formula is C16H10ClF3N2O2S. The lowest BCUT2D eigenvalue weighted by Gasteiger charge is -2.08. The maximum absolute atomic E-state index is 12.1. The van der Waals surface area contributed by atoms with Gasteiger partial charge >= 0.3 is 6.36 Å². The van der Waals surface area contributed by atoms with E-state index < -0.39 is 6.36 Å². The molecule has 0 spiro atoms. The van der Waals surface area contributed by atoms with Crippen LogP contribution >= 0.6 is 23.4 Å². The highest BCUT2D eigenvalue weighted by atomic mass is 35.5. The molecule has 1 heterocycles. The minimum absolute atomic E-state index is 0.260. The molecule has 130 valence electrons. The molecule has 0 amide bonds. The molecule has 0 unspecified atom stereocenters. The topological polar surface area (TPSA) is 48.2 Å². The number of hydrogen-bond donors (Lipinski definition) is 0. The molecule has 0 radical (unpaired) electrons. The zero-order chi connectivity index (χ0) is 17.9. The van der Waals surface area contributed by atoms with E-state index in [9.17, 15) is 13.2 Å². The minimum atomic E-state index is -4.70. The van der Waals surface area contributed by atoms with E-state index >= 15 is 0 Å². The maximum atomic E-state index is 12.1.